The maximum absolute atomic E-state index is 12.1. The van der Waals surface area contributed by atoms with E-state index in [1.165, 1.54) is 6.07 Å². The Bertz CT molecular complexity index is 1980. The van der Waals surface area contributed by atoms with Crippen LogP contribution in [0.3, 0.4) is 0 Å². The highest BCUT2D eigenvalue weighted by Crippen LogP contribution is 2.36. The van der Waals surface area contributed by atoms with Gasteiger partial charge in [0.25, 0.3) is 11.6 Å². The fraction of sp³-hybridized carbons (Fsp3) is 0.171. The minimum Gasteiger partial charge on any atom is -0.508 e. The number of amides is 1. The van der Waals surface area contributed by atoms with E-state index in [1.807, 2.05) is 93.6 Å². The van der Waals surface area contributed by atoms with Crippen LogP contribution in [0.25, 0.3) is 16.6 Å². The van der Waals surface area contributed by atoms with Gasteiger partial charge in [0.1, 0.15) is 5.75 Å². The zero-order chi connectivity index (χ0) is 32.3. The van der Waals surface area contributed by atoms with E-state index in [9.17, 15) is 20.0 Å². The SMILES string of the molecule is Cc1c([N+](=O)[O-])c2ccc(O)cc2n1-c1ccccc1.Cc1cccc(NN=C(C(N)=O)C2=NC(C)(C)Cc3ccccc32)c1. The first kappa shape index (κ1) is 30.7. The standard InChI is InChI=1S/C20H22N4O.C15H12N2O3/c1-13-7-6-9-15(11-13)23-24-18(19(21)25)17-16-10-5-4-8-14(16)12-20(2,3)22-17;1-10-15(17(19)20)13-8-7-12(18)9-14(13)16(10)11-5-3-2-4-6-11/h4-11,23H,12H2,1-3H3,(H2,21,25);2-9,18H,1H3. The molecule has 5 aromatic rings. The van der Waals surface area contributed by atoms with Crippen LogP contribution < -0.4 is 11.2 Å². The van der Waals surface area contributed by atoms with E-state index in [-0.39, 0.29) is 27.6 Å². The molecule has 1 aromatic heterocycles. The number of phenolic OH excluding ortho intramolecular Hbond substituents is 1. The van der Waals surface area contributed by atoms with Crippen molar-refractivity contribution in [3.63, 3.8) is 0 Å². The van der Waals surface area contributed by atoms with Crippen LogP contribution >= 0.6 is 0 Å². The number of anilines is 1. The molecule has 0 aliphatic carbocycles. The number of hydrogen-bond donors (Lipinski definition) is 3. The number of nitrogens with zero attached hydrogens (tertiary/aromatic N) is 4. The molecule has 0 saturated heterocycles. The quantitative estimate of drug-likeness (QED) is 0.113. The summed E-state index contributed by atoms with van der Waals surface area (Å²) in [6.45, 7) is 7.78. The van der Waals surface area contributed by atoms with Gasteiger partial charge in [-0.3, -0.25) is 25.3 Å². The summed E-state index contributed by atoms with van der Waals surface area (Å²) in [4.78, 5) is 27.7. The molecule has 6 rings (SSSR count). The number of nitrogens with one attached hydrogen (secondary N) is 1. The van der Waals surface area contributed by atoms with Crippen LogP contribution in [0.15, 0.2) is 107 Å². The second-order valence-corrected chi connectivity index (χ2v) is 11.5. The summed E-state index contributed by atoms with van der Waals surface area (Å²) >= 11 is 0. The molecular formula is C35H34N6O4. The number of nitro groups is 1. The third-order valence-electron chi connectivity index (χ3n) is 7.44. The van der Waals surface area contributed by atoms with Crippen molar-refractivity contribution in [1.82, 2.24) is 4.57 Å². The van der Waals surface area contributed by atoms with E-state index in [1.54, 1.807) is 23.6 Å². The summed E-state index contributed by atoms with van der Waals surface area (Å²) in [5.41, 5.74) is 14.9. The minimum absolute atomic E-state index is 0.0730. The molecular weight excluding hydrogens is 568 g/mol. The molecule has 0 bridgehead atoms. The number of para-hydroxylation sites is 1. The Morgan fingerprint density at radius 2 is 1.71 bits per heavy atom. The van der Waals surface area contributed by atoms with Crippen molar-refractivity contribution >= 4 is 39.6 Å². The van der Waals surface area contributed by atoms with E-state index in [0.717, 1.165) is 34.5 Å². The number of hydrogen-bond acceptors (Lipinski definition) is 7. The Hall–Kier alpha value is -5.77. The molecule has 228 valence electrons. The predicted octanol–water partition coefficient (Wildman–Crippen LogP) is 6.62. The van der Waals surface area contributed by atoms with Crippen molar-refractivity contribution in [2.45, 2.75) is 39.7 Å². The number of aryl methyl sites for hydroxylation is 1. The average molecular weight is 603 g/mol. The van der Waals surface area contributed by atoms with Gasteiger partial charge in [-0.15, -0.1) is 0 Å². The van der Waals surface area contributed by atoms with Crippen LogP contribution in [0.5, 0.6) is 5.75 Å². The van der Waals surface area contributed by atoms with Crippen LogP contribution in [0.4, 0.5) is 11.4 Å². The highest BCUT2D eigenvalue weighted by molar-refractivity contribution is 6.70. The first-order valence-corrected chi connectivity index (χ1v) is 14.4. The molecule has 1 aliphatic rings. The predicted molar refractivity (Wildman–Crippen MR) is 179 cm³/mol. The largest absolute Gasteiger partial charge is 0.508 e. The molecule has 0 spiro atoms. The van der Waals surface area contributed by atoms with E-state index >= 15 is 0 Å². The van der Waals surface area contributed by atoms with Crippen molar-refractivity contribution in [2.24, 2.45) is 15.8 Å². The van der Waals surface area contributed by atoms with Crippen molar-refractivity contribution < 1.29 is 14.8 Å². The maximum atomic E-state index is 12.1. The Labute approximate surface area is 260 Å². The number of carbonyl (C=O) groups is 1. The van der Waals surface area contributed by atoms with Gasteiger partial charge in [-0.2, -0.15) is 5.10 Å². The van der Waals surface area contributed by atoms with Gasteiger partial charge in [-0.1, -0.05) is 54.6 Å². The zero-order valence-electron chi connectivity index (χ0n) is 25.5. The lowest BCUT2D eigenvalue weighted by molar-refractivity contribution is -0.383. The Balaban J connectivity index is 0.000000182. The van der Waals surface area contributed by atoms with Crippen molar-refractivity contribution in [1.29, 1.82) is 0 Å². The number of rotatable bonds is 6. The fourth-order valence-corrected chi connectivity index (χ4v) is 5.54. The molecule has 0 unspecified atom stereocenters. The molecule has 10 nitrogen and oxygen atoms in total. The van der Waals surface area contributed by atoms with Gasteiger partial charge in [0.15, 0.2) is 5.71 Å². The van der Waals surface area contributed by atoms with Crippen molar-refractivity contribution in [3.05, 3.63) is 130 Å². The first-order valence-electron chi connectivity index (χ1n) is 14.4. The number of phenols is 1. The smallest absolute Gasteiger partial charge is 0.298 e. The van der Waals surface area contributed by atoms with Crippen LogP contribution in [-0.2, 0) is 11.2 Å². The minimum atomic E-state index is -0.605. The van der Waals surface area contributed by atoms with Crippen molar-refractivity contribution in [2.75, 3.05) is 5.43 Å². The molecule has 4 aromatic carbocycles. The monoisotopic (exact) mass is 602 g/mol. The first-order chi connectivity index (χ1) is 21.4. The van der Waals surface area contributed by atoms with Crippen LogP contribution in [-0.4, -0.2) is 37.5 Å². The lowest BCUT2D eigenvalue weighted by atomic mass is 9.85. The van der Waals surface area contributed by atoms with Gasteiger partial charge in [-0.25, -0.2) is 0 Å². The molecule has 1 aliphatic heterocycles. The zero-order valence-corrected chi connectivity index (χ0v) is 25.5. The number of aromatic hydroxyl groups is 1. The number of benzene rings is 4. The van der Waals surface area contributed by atoms with E-state index in [0.29, 0.717) is 22.3 Å². The van der Waals surface area contributed by atoms with E-state index in [2.05, 4.69) is 16.6 Å². The van der Waals surface area contributed by atoms with Crippen molar-refractivity contribution in [3.8, 4) is 11.4 Å². The molecule has 45 heavy (non-hydrogen) atoms. The van der Waals surface area contributed by atoms with Gasteiger partial charge in [-0.05, 0) is 81.6 Å². The number of carbonyl (C=O) groups excluding carboxylic acids is 1. The number of nitrogens with two attached hydrogens (primary N) is 1. The van der Waals surface area contributed by atoms with Gasteiger partial charge < -0.3 is 15.4 Å². The second-order valence-electron chi connectivity index (χ2n) is 11.5. The third kappa shape index (κ3) is 6.59. The maximum Gasteiger partial charge on any atom is 0.298 e. The van der Waals surface area contributed by atoms with Gasteiger partial charge >= 0.3 is 0 Å². The summed E-state index contributed by atoms with van der Waals surface area (Å²) in [5, 5.41) is 25.8. The number of aliphatic imine (C=N–C) groups is 1. The molecule has 1 amide bonds. The summed E-state index contributed by atoms with van der Waals surface area (Å²) in [6, 6.07) is 29.6. The second kappa shape index (κ2) is 12.5. The van der Waals surface area contributed by atoms with Gasteiger partial charge in [0.05, 0.1) is 38.5 Å². The Kier molecular flexibility index (Phi) is 8.49. The summed E-state index contributed by atoms with van der Waals surface area (Å²) < 4.78 is 1.78. The summed E-state index contributed by atoms with van der Waals surface area (Å²) in [6.07, 6.45) is 0.810. The Morgan fingerprint density at radius 3 is 2.40 bits per heavy atom. The normalized spacial score (nSPS) is 13.7. The topological polar surface area (TPSA) is 148 Å². The lowest BCUT2D eigenvalue weighted by Crippen LogP contribution is -2.38. The summed E-state index contributed by atoms with van der Waals surface area (Å²) in [5.74, 6) is -0.520. The van der Waals surface area contributed by atoms with Crippen LogP contribution in [0.2, 0.25) is 0 Å². The molecule has 0 fully saturated rings. The van der Waals surface area contributed by atoms with E-state index < -0.39 is 5.91 Å². The lowest BCUT2D eigenvalue weighted by Gasteiger charge is -2.28. The number of aromatic nitrogens is 1. The van der Waals surface area contributed by atoms with E-state index in [4.69, 9.17) is 10.7 Å². The van der Waals surface area contributed by atoms with Crippen LogP contribution in [0.1, 0.15) is 36.2 Å². The molecule has 0 atom stereocenters. The highest BCUT2D eigenvalue weighted by Gasteiger charge is 2.30. The number of primary amides is 1. The average Bonchev–Trinajstić information content (AvgIpc) is 3.28. The molecule has 0 radical (unpaired) electrons. The highest BCUT2D eigenvalue weighted by atomic mass is 16.6. The van der Waals surface area contributed by atoms with Gasteiger partial charge in [0, 0.05) is 17.3 Å². The number of fused-ring (bicyclic) bond motifs is 2. The molecule has 4 N–H and O–H groups in total. The molecule has 0 saturated carbocycles. The Morgan fingerprint density at radius 1 is 1.00 bits per heavy atom. The van der Waals surface area contributed by atoms with Crippen LogP contribution in [0, 0.1) is 24.0 Å². The third-order valence-corrected chi connectivity index (χ3v) is 7.44. The van der Waals surface area contributed by atoms with Gasteiger partial charge in [0.2, 0.25) is 0 Å². The molecule has 10 heteroatoms. The number of hydrazone groups is 1. The molecule has 2 heterocycles. The summed E-state index contributed by atoms with van der Waals surface area (Å²) in [7, 11) is 0. The fourth-order valence-electron chi connectivity index (χ4n) is 5.54.